The number of nitrogens with one attached hydrogen (secondary N) is 1. The first-order valence-corrected chi connectivity index (χ1v) is 5.30. The number of hydrogen-bond acceptors (Lipinski definition) is 3. The second-order valence-corrected chi connectivity index (χ2v) is 4.27. The fourth-order valence-corrected chi connectivity index (χ4v) is 1.64. The molecular formula is C11H12ClNO3. The van der Waals surface area contributed by atoms with Crippen molar-refractivity contribution < 1.29 is 14.6 Å². The van der Waals surface area contributed by atoms with Gasteiger partial charge >= 0.3 is 0 Å². The minimum atomic E-state index is -0.806. The maximum atomic E-state index is 11.9. The molecule has 1 saturated heterocycles. The Morgan fingerprint density at radius 2 is 2.19 bits per heavy atom. The van der Waals surface area contributed by atoms with Gasteiger partial charge < -0.3 is 15.2 Å². The number of ether oxygens (including phenoxy) is 1. The van der Waals surface area contributed by atoms with Gasteiger partial charge in [-0.2, -0.15) is 0 Å². The molecule has 1 amide bonds. The third kappa shape index (κ3) is 1.91. The third-order valence-corrected chi connectivity index (χ3v) is 2.99. The molecule has 16 heavy (non-hydrogen) atoms. The Labute approximate surface area is 98.2 Å². The lowest BCUT2D eigenvalue weighted by molar-refractivity contribution is -0.164. The van der Waals surface area contributed by atoms with Crippen molar-refractivity contribution in [2.24, 2.45) is 5.41 Å². The molecule has 0 aromatic heterocycles. The Morgan fingerprint density at radius 3 is 2.69 bits per heavy atom. The smallest absolute Gasteiger partial charge is 0.237 e. The van der Waals surface area contributed by atoms with Gasteiger partial charge in [-0.3, -0.25) is 4.79 Å². The summed E-state index contributed by atoms with van der Waals surface area (Å²) in [4.78, 5) is 11.9. The summed E-state index contributed by atoms with van der Waals surface area (Å²) in [6, 6.07) is 6.97. The molecule has 0 spiro atoms. The number of aliphatic hydroxyl groups is 1. The van der Waals surface area contributed by atoms with E-state index in [1.165, 1.54) is 0 Å². The average molecular weight is 242 g/mol. The summed E-state index contributed by atoms with van der Waals surface area (Å²) in [6.45, 7) is 0.281. The second kappa shape index (κ2) is 4.41. The Bertz CT molecular complexity index is 398. The minimum absolute atomic E-state index is 0.219. The largest absolute Gasteiger partial charge is 0.395 e. The molecular weight excluding hydrogens is 230 g/mol. The normalized spacial score (nSPS) is 17.6. The predicted octanol–water partition coefficient (Wildman–Crippen LogP) is 1.29. The van der Waals surface area contributed by atoms with Gasteiger partial charge in [0.1, 0.15) is 5.41 Å². The second-order valence-electron chi connectivity index (χ2n) is 3.87. The Balaban J connectivity index is 2.10. The van der Waals surface area contributed by atoms with Gasteiger partial charge in [0.15, 0.2) is 0 Å². The van der Waals surface area contributed by atoms with Crippen molar-refractivity contribution in [3.63, 3.8) is 0 Å². The van der Waals surface area contributed by atoms with Crippen LogP contribution in [0.2, 0.25) is 5.02 Å². The van der Waals surface area contributed by atoms with Gasteiger partial charge in [0.2, 0.25) is 5.91 Å². The number of rotatable bonds is 3. The molecule has 1 aliphatic rings. The zero-order valence-corrected chi connectivity index (χ0v) is 9.33. The monoisotopic (exact) mass is 241 g/mol. The summed E-state index contributed by atoms with van der Waals surface area (Å²) in [5, 5.41) is 12.3. The highest BCUT2D eigenvalue weighted by Crippen LogP contribution is 2.30. The maximum absolute atomic E-state index is 11.9. The highest BCUT2D eigenvalue weighted by molar-refractivity contribution is 6.33. The van der Waals surface area contributed by atoms with Gasteiger partial charge in [-0.05, 0) is 12.1 Å². The number of carbonyl (C=O) groups is 1. The quantitative estimate of drug-likeness (QED) is 0.838. The molecule has 5 heteroatoms. The Kier molecular flexibility index (Phi) is 3.14. The first-order valence-electron chi connectivity index (χ1n) is 4.92. The van der Waals surface area contributed by atoms with Crippen LogP contribution in [0, 0.1) is 5.41 Å². The SMILES string of the molecule is O=C(Nc1ccccc1Cl)C1(CO)COC1. The van der Waals surface area contributed by atoms with Gasteiger partial charge in [-0.25, -0.2) is 0 Å². The molecule has 0 bridgehead atoms. The van der Waals surface area contributed by atoms with E-state index in [9.17, 15) is 9.90 Å². The number of hydrogen-bond donors (Lipinski definition) is 2. The van der Waals surface area contributed by atoms with Crippen molar-refractivity contribution in [1.82, 2.24) is 0 Å². The lowest BCUT2D eigenvalue weighted by atomic mass is 9.86. The molecule has 1 fully saturated rings. The van der Waals surface area contributed by atoms with E-state index >= 15 is 0 Å². The van der Waals surface area contributed by atoms with Gasteiger partial charge in [-0.15, -0.1) is 0 Å². The van der Waals surface area contributed by atoms with E-state index in [1.54, 1.807) is 24.3 Å². The van der Waals surface area contributed by atoms with Crippen molar-refractivity contribution in [3.05, 3.63) is 29.3 Å². The van der Waals surface area contributed by atoms with Crippen LogP contribution in [0.5, 0.6) is 0 Å². The number of para-hydroxylation sites is 1. The molecule has 0 radical (unpaired) electrons. The van der Waals surface area contributed by atoms with Crippen LogP contribution in [0.1, 0.15) is 0 Å². The first-order chi connectivity index (χ1) is 7.68. The van der Waals surface area contributed by atoms with E-state index in [0.29, 0.717) is 10.7 Å². The van der Waals surface area contributed by atoms with E-state index in [4.69, 9.17) is 16.3 Å². The number of amides is 1. The molecule has 0 atom stereocenters. The van der Waals surface area contributed by atoms with Gasteiger partial charge in [0, 0.05) is 0 Å². The van der Waals surface area contributed by atoms with Gasteiger partial charge in [0.25, 0.3) is 0 Å². The predicted molar refractivity (Wildman–Crippen MR) is 60.4 cm³/mol. The van der Waals surface area contributed by atoms with Gasteiger partial charge in [-0.1, -0.05) is 23.7 Å². The van der Waals surface area contributed by atoms with Crippen LogP contribution in [0.15, 0.2) is 24.3 Å². The number of benzene rings is 1. The molecule has 86 valence electrons. The zero-order chi connectivity index (χ0) is 11.6. The molecule has 4 nitrogen and oxygen atoms in total. The van der Waals surface area contributed by atoms with Crippen molar-refractivity contribution in [2.45, 2.75) is 0 Å². The molecule has 0 aliphatic carbocycles. The van der Waals surface area contributed by atoms with E-state index < -0.39 is 5.41 Å². The van der Waals surface area contributed by atoms with Crippen molar-refractivity contribution in [2.75, 3.05) is 25.1 Å². The highest BCUT2D eigenvalue weighted by atomic mass is 35.5. The minimum Gasteiger partial charge on any atom is -0.395 e. The van der Waals surface area contributed by atoms with Gasteiger partial charge in [0.05, 0.1) is 30.5 Å². The highest BCUT2D eigenvalue weighted by Gasteiger charge is 2.45. The summed E-state index contributed by atoms with van der Waals surface area (Å²) in [5.41, 5.74) is -0.256. The summed E-state index contributed by atoms with van der Waals surface area (Å²) in [6.07, 6.45) is 0. The standard InChI is InChI=1S/C11H12ClNO3/c12-8-3-1-2-4-9(8)13-10(15)11(5-14)6-16-7-11/h1-4,14H,5-7H2,(H,13,15). The molecule has 1 aliphatic heterocycles. The molecule has 0 saturated carbocycles. The van der Waals surface area contributed by atoms with Crippen molar-refractivity contribution >= 4 is 23.2 Å². The molecule has 2 rings (SSSR count). The van der Waals surface area contributed by atoms with E-state index in [2.05, 4.69) is 5.32 Å². The molecule has 0 unspecified atom stereocenters. The molecule has 2 N–H and O–H groups in total. The zero-order valence-electron chi connectivity index (χ0n) is 8.57. The lowest BCUT2D eigenvalue weighted by Crippen LogP contribution is -2.54. The summed E-state index contributed by atoms with van der Waals surface area (Å²) in [7, 11) is 0. The number of anilines is 1. The molecule has 1 heterocycles. The molecule has 1 aromatic carbocycles. The van der Waals surface area contributed by atoms with Crippen molar-refractivity contribution in [1.29, 1.82) is 0 Å². The number of carbonyl (C=O) groups excluding carboxylic acids is 1. The summed E-state index contributed by atoms with van der Waals surface area (Å²) < 4.78 is 4.96. The number of aliphatic hydroxyl groups excluding tert-OH is 1. The van der Waals surface area contributed by atoms with Crippen LogP contribution >= 0.6 is 11.6 Å². The third-order valence-electron chi connectivity index (χ3n) is 2.66. The maximum Gasteiger partial charge on any atom is 0.237 e. The first kappa shape index (κ1) is 11.4. The Morgan fingerprint density at radius 1 is 1.50 bits per heavy atom. The average Bonchev–Trinajstić information content (AvgIpc) is 2.21. The van der Waals surface area contributed by atoms with Crippen molar-refractivity contribution in [3.8, 4) is 0 Å². The van der Waals surface area contributed by atoms with Crippen LogP contribution in [-0.4, -0.2) is 30.8 Å². The molecule has 1 aromatic rings. The van der Waals surface area contributed by atoms with Crippen LogP contribution in [-0.2, 0) is 9.53 Å². The van der Waals surface area contributed by atoms with Crippen LogP contribution in [0.25, 0.3) is 0 Å². The van der Waals surface area contributed by atoms with E-state index in [-0.39, 0.29) is 25.7 Å². The Hall–Kier alpha value is -1.10. The fourth-order valence-electron chi connectivity index (χ4n) is 1.46. The van der Waals surface area contributed by atoms with Crippen LogP contribution in [0.4, 0.5) is 5.69 Å². The lowest BCUT2D eigenvalue weighted by Gasteiger charge is -2.38. The van der Waals surface area contributed by atoms with Crippen LogP contribution in [0.3, 0.4) is 0 Å². The summed E-state index contributed by atoms with van der Waals surface area (Å²) >= 11 is 5.91. The van der Waals surface area contributed by atoms with E-state index in [1.807, 2.05) is 0 Å². The van der Waals surface area contributed by atoms with E-state index in [0.717, 1.165) is 0 Å². The number of halogens is 1. The topological polar surface area (TPSA) is 58.6 Å². The fraction of sp³-hybridized carbons (Fsp3) is 0.364. The van der Waals surface area contributed by atoms with Crippen LogP contribution < -0.4 is 5.32 Å². The summed E-state index contributed by atoms with van der Waals surface area (Å²) in [5.74, 6) is -0.255.